The van der Waals surface area contributed by atoms with Crippen molar-refractivity contribution in [1.82, 2.24) is 0 Å². The number of phenols is 1. The van der Waals surface area contributed by atoms with Gasteiger partial charge < -0.3 is 15.2 Å². The van der Waals surface area contributed by atoms with Crippen molar-refractivity contribution in [3.63, 3.8) is 0 Å². The Hall–Kier alpha value is -3.24. The maximum absolute atomic E-state index is 12.4. The number of benzene rings is 2. The standard InChI is InChI=1S/C19H17ClN2O5/c1-2-3-4-5-10-27-18-12-14(22(25)26)7-8-16(18)21-19(24)15-11-13(20)6-9-17(15)23/h1,6-9,11-12,23H,3-5,10H2,(H,21,24). The molecule has 0 spiro atoms. The lowest BCUT2D eigenvalue weighted by atomic mass is 10.1. The van der Waals surface area contributed by atoms with Crippen molar-refractivity contribution in [2.24, 2.45) is 0 Å². The molecule has 0 aliphatic heterocycles. The second-order valence-electron chi connectivity index (χ2n) is 5.56. The summed E-state index contributed by atoms with van der Waals surface area (Å²) >= 11 is 5.86. The van der Waals surface area contributed by atoms with Gasteiger partial charge in [-0.15, -0.1) is 12.3 Å². The Bertz CT molecular complexity index is 892. The number of nitrogens with zero attached hydrogens (tertiary/aromatic N) is 1. The number of hydrogen-bond acceptors (Lipinski definition) is 5. The zero-order valence-electron chi connectivity index (χ0n) is 14.3. The monoisotopic (exact) mass is 388 g/mol. The maximum atomic E-state index is 12.4. The van der Waals surface area contributed by atoms with Crippen LogP contribution in [0, 0.1) is 22.5 Å². The van der Waals surface area contributed by atoms with E-state index in [1.807, 2.05) is 0 Å². The van der Waals surface area contributed by atoms with E-state index in [0.29, 0.717) is 12.8 Å². The van der Waals surface area contributed by atoms with Crippen molar-refractivity contribution in [3.05, 3.63) is 57.1 Å². The fourth-order valence-corrected chi connectivity index (χ4v) is 2.41. The molecule has 27 heavy (non-hydrogen) atoms. The minimum atomic E-state index is -0.624. The van der Waals surface area contributed by atoms with Gasteiger partial charge in [0.1, 0.15) is 11.5 Å². The van der Waals surface area contributed by atoms with Gasteiger partial charge in [-0.05, 0) is 37.1 Å². The van der Waals surface area contributed by atoms with Crippen molar-refractivity contribution in [3.8, 4) is 23.8 Å². The topological polar surface area (TPSA) is 102 Å². The number of phenolic OH excluding ortho intramolecular Hbond substituents is 1. The Morgan fingerprint density at radius 2 is 2.07 bits per heavy atom. The fourth-order valence-electron chi connectivity index (χ4n) is 2.24. The van der Waals surface area contributed by atoms with Crippen LogP contribution in [0.15, 0.2) is 36.4 Å². The Labute approximate surface area is 161 Å². The molecule has 0 aliphatic rings. The number of ether oxygens (including phenoxy) is 1. The number of hydrogen-bond donors (Lipinski definition) is 2. The summed E-state index contributed by atoms with van der Waals surface area (Å²) in [5.74, 6) is 1.81. The average molecular weight is 389 g/mol. The Balaban J connectivity index is 2.21. The van der Waals surface area contributed by atoms with Gasteiger partial charge in [-0.1, -0.05) is 11.6 Å². The van der Waals surface area contributed by atoms with Gasteiger partial charge in [-0.25, -0.2) is 0 Å². The molecule has 0 atom stereocenters. The number of nitro groups is 1. The van der Waals surface area contributed by atoms with E-state index in [9.17, 15) is 20.0 Å². The molecule has 0 bridgehead atoms. The predicted molar refractivity (Wildman–Crippen MR) is 102 cm³/mol. The third-order valence-corrected chi connectivity index (χ3v) is 3.84. The summed E-state index contributed by atoms with van der Waals surface area (Å²) < 4.78 is 5.59. The van der Waals surface area contributed by atoms with E-state index in [0.717, 1.165) is 6.42 Å². The molecule has 0 fully saturated rings. The molecular weight excluding hydrogens is 372 g/mol. The molecule has 1 amide bonds. The van der Waals surface area contributed by atoms with E-state index < -0.39 is 10.8 Å². The lowest BCUT2D eigenvalue weighted by Gasteiger charge is -2.13. The SMILES string of the molecule is C#CCCCCOc1cc([N+](=O)[O-])ccc1NC(=O)c1cc(Cl)ccc1O. The number of nitro benzene ring substituents is 1. The number of terminal acetylenes is 1. The summed E-state index contributed by atoms with van der Waals surface area (Å²) in [5, 5.41) is 23.7. The molecule has 0 saturated carbocycles. The number of nitrogens with one attached hydrogen (secondary N) is 1. The molecule has 140 valence electrons. The number of non-ortho nitro benzene ring substituents is 1. The summed E-state index contributed by atoms with van der Waals surface area (Å²) in [5.41, 5.74) is 0.0416. The van der Waals surface area contributed by atoms with E-state index >= 15 is 0 Å². The number of carbonyl (C=O) groups is 1. The average Bonchev–Trinajstić information content (AvgIpc) is 2.64. The zero-order chi connectivity index (χ0) is 19.8. The van der Waals surface area contributed by atoms with Crippen LogP contribution in [0.3, 0.4) is 0 Å². The van der Waals surface area contributed by atoms with Crippen molar-refractivity contribution in [2.75, 3.05) is 11.9 Å². The van der Waals surface area contributed by atoms with Crippen LogP contribution in [0.2, 0.25) is 5.02 Å². The van der Waals surface area contributed by atoms with Gasteiger partial charge >= 0.3 is 0 Å². The molecule has 2 N–H and O–H groups in total. The van der Waals surface area contributed by atoms with Crippen LogP contribution in [-0.2, 0) is 0 Å². The lowest BCUT2D eigenvalue weighted by molar-refractivity contribution is -0.384. The second kappa shape index (κ2) is 9.46. The number of halogens is 1. The van der Waals surface area contributed by atoms with Crippen LogP contribution < -0.4 is 10.1 Å². The summed E-state index contributed by atoms with van der Waals surface area (Å²) in [6.07, 6.45) is 7.21. The molecule has 2 rings (SSSR count). The normalized spacial score (nSPS) is 10.1. The van der Waals surface area contributed by atoms with E-state index in [1.165, 1.54) is 36.4 Å². The van der Waals surface area contributed by atoms with Crippen LogP contribution in [0.25, 0.3) is 0 Å². The number of rotatable bonds is 8. The molecule has 0 aromatic heterocycles. The Kier molecular flexibility index (Phi) is 7.03. The van der Waals surface area contributed by atoms with Gasteiger partial charge in [-0.3, -0.25) is 14.9 Å². The molecule has 0 aliphatic carbocycles. The van der Waals surface area contributed by atoms with Gasteiger partial charge in [0.05, 0.1) is 28.8 Å². The Morgan fingerprint density at radius 3 is 2.78 bits per heavy atom. The highest BCUT2D eigenvalue weighted by Gasteiger charge is 2.17. The quantitative estimate of drug-likeness (QED) is 0.302. The van der Waals surface area contributed by atoms with Crippen LogP contribution in [0.5, 0.6) is 11.5 Å². The van der Waals surface area contributed by atoms with E-state index in [4.69, 9.17) is 22.8 Å². The predicted octanol–water partition coefficient (Wildman–Crippen LogP) is 4.39. The number of carbonyl (C=O) groups excluding carboxylic acids is 1. The molecule has 0 heterocycles. The minimum absolute atomic E-state index is 0.0270. The fraction of sp³-hybridized carbons (Fsp3) is 0.211. The highest BCUT2D eigenvalue weighted by atomic mass is 35.5. The van der Waals surface area contributed by atoms with Crippen molar-refractivity contribution in [2.45, 2.75) is 19.3 Å². The smallest absolute Gasteiger partial charge is 0.273 e. The van der Waals surface area contributed by atoms with Crippen molar-refractivity contribution >= 4 is 28.9 Å². The number of anilines is 1. The summed E-state index contributed by atoms with van der Waals surface area (Å²) in [6, 6.07) is 7.92. The van der Waals surface area contributed by atoms with Crippen molar-refractivity contribution in [1.29, 1.82) is 0 Å². The van der Waals surface area contributed by atoms with Gasteiger partial charge in [0.15, 0.2) is 0 Å². The molecule has 0 saturated heterocycles. The second-order valence-corrected chi connectivity index (χ2v) is 6.00. The first-order valence-corrected chi connectivity index (χ1v) is 8.44. The number of aromatic hydroxyl groups is 1. The molecule has 8 heteroatoms. The molecule has 2 aromatic rings. The number of amides is 1. The van der Waals surface area contributed by atoms with Crippen LogP contribution in [0.1, 0.15) is 29.6 Å². The third kappa shape index (κ3) is 5.62. The van der Waals surface area contributed by atoms with E-state index in [1.54, 1.807) is 0 Å². The molecule has 7 nitrogen and oxygen atoms in total. The van der Waals surface area contributed by atoms with Gasteiger partial charge in [0, 0.05) is 17.5 Å². The summed E-state index contributed by atoms with van der Waals surface area (Å²) in [4.78, 5) is 22.9. The molecule has 0 radical (unpaired) electrons. The minimum Gasteiger partial charge on any atom is -0.507 e. The van der Waals surface area contributed by atoms with Crippen LogP contribution in [0.4, 0.5) is 11.4 Å². The first-order valence-electron chi connectivity index (χ1n) is 8.07. The third-order valence-electron chi connectivity index (χ3n) is 3.60. The van der Waals surface area contributed by atoms with Crippen LogP contribution in [-0.4, -0.2) is 22.5 Å². The van der Waals surface area contributed by atoms with E-state index in [-0.39, 0.29) is 40.1 Å². The van der Waals surface area contributed by atoms with Gasteiger partial charge in [0.2, 0.25) is 0 Å². The zero-order valence-corrected chi connectivity index (χ0v) is 15.0. The number of unbranched alkanes of at least 4 members (excludes halogenated alkanes) is 2. The summed E-state index contributed by atoms with van der Waals surface area (Å²) in [6.45, 7) is 0.286. The molecular formula is C19H17ClN2O5. The summed E-state index contributed by atoms with van der Waals surface area (Å²) in [7, 11) is 0. The van der Waals surface area contributed by atoms with Gasteiger partial charge in [-0.2, -0.15) is 0 Å². The highest BCUT2D eigenvalue weighted by molar-refractivity contribution is 6.31. The van der Waals surface area contributed by atoms with Crippen molar-refractivity contribution < 1.29 is 19.6 Å². The molecule has 2 aromatic carbocycles. The first-order chi connectivity index (χ1) is 12.9. The lowest BCUT2D eigenvalue weighted by Crippen LogP contribution is -2.13. The maximum Gasteiger partial charge on any atom is 0.273 e. The van der Waals surface area contributed by atoms with Crippen LogP contribution >= 0.6 is 11.6 Å². The molecule has 0 unspecified atom stereocenters. The first kappa shape index (κ1) is 20.1. The Morgan fingerprint density at radius 1 is 1.30 bits per heavy atom. The largest absolute Gasteiger partial charge is 0.507 e. The van der Waals surface area contributed by atoms with Gasteiger partial charge in [0.25, 0.3) is 11.6 Å². The van der Waals surface area contributed by atoms with E-state index in [2.05, 4.69) is 11.2 Å². The highest BCUT2D eigenvalue weighted by Crippen LogP contribution is 2.31.